The van der Waals surface area contributed by atoms with Crippen LogP contribution in [0.3, 0.4) is 0 Å². The minimum absolute atomic E-state index is 0.314. The Balaban J connectivity index is 2.27. The topological polar surface area (TPSA) is 94.2 Å². The average Bonchev–Trinajstić information content (AvgIpc) is 3.18. The molecular weight excluding hydrogens is 438 g/mol. The molecule has 188 valence electrons. The molecule has 4 N–H and O–H groups in total. The van der Waals surface area contributed by atoms with Gasteiger partial charge in [-0.15, -0.1) is 6.58 Å². The zero-order chi connectivity index (χ0) is 26.1. The molecule has 2 aromatic rings. The van der Waals surface area contributed by atoms with E-state index in [9.17, 15) is 14.7 Å². The summed E-state index contributed by atoms with van der Waals surface area (Å²) in [4.78, 5) is 28.7. The smallest absolute Gasteiger partial charge is 0.246 e. The number of hydrogen-bond donors (Lipinski definition) is 4. The van der Waals surface area contributed by atoms with Crippen LogP contribution in [0.4, 0.5) is 0 Å². The van der Waals surface area contributed by atoms with Crippen LogP contribution in [0.15, 0.2) is 48.1 Å². The fraction of sp³-hybridized carbons (Fsp3) is 0.448. The van der Waals surface area contributed by atoms with E-state index in [0.29, 0.717) is 5.56 Å². The molecule has 6 heteroatoms. The summed E-state index contributed by atoms with van der Waals surface area (Å²) in [6, 6.07) is 2.40. The third-order valence-corrected chi connectivity index (χ3v) is 6.76. The van der Waals surface area contributed by atoms with Crippen molar-refractivity contribution in [2.75, 3.05) is 0 Å². The number of piperazine rings is 1. The summed E-state index contributed by atoms with van der Waals surface area (Å²) in [7, 11) is 0. The van der Waals surface area contributed by atoms with Crippen LogP contribution in [0, 0.1) is 0 Å². The lowest BCUT2D eigenvalue weighted by Crippen LogP contribution is -2.62. The minimum atomic E-state index is -1.23. The van der Waals surface area contributed by atoms with Gasteiger partial charge in [0.1, 0.15) is 18.2 Å². The van der Waals surface area contributed by atoms with Crippen LogP contribution in [-0.4, -0.2) is 34.0 Å². The molecule has 2 amide bonds. The number of H-pyrrole nitrogens is 1. The molecule has 0 aliphatic carbocycles. The monoisotopic (exact) mass is 477 g/mol. The number of hydrogen-bond acceptors (Lipinski definition) is 3. The van der Waals surface area contributed by atoms with Gasteiger partial charge in [0.05, 0.1) is 0 Å². The van der Waals surface area contributed by atoms with Crippen LogP contribution in [0.25, 0.3) is 10.9 Å². The van der Waals surface area contributed by atoms with Gasteiger partial charge in [0, 0.05) is 27.6 Å². The molecule has 1 aromatic heterocycles. The van der Waals surface area contributed by atoms with E-state index in [1.54, 1.807) is 6.92 Å². The Hall–Kier alpha value is -3.12. The Morgan fingerprint density at radius 2 is 1.69 bits per heavy atom. The summed E-state index contributed by atoms with van der Waals surface area (Å²) < 4.78 is 0. The van der Waals surface area contributed by atoms with Crippen molar-refractivity contribution in [2.45, 2.75) is 84.9 Å². The number of carbonyl (C=O) groups excluding carboxylic acids is 2. The number of rotatable bonds is 8. The van der Waals surface area contributed by atoms with Gasteiger partial charge in [0.15, 0.2) is 0 Å². The van der Waals surface area contributed by atoms with Crippen molar-refractivity contribution in [3.8, 4) is 0 Å². The Labute approximate surface area is 208 Å². The summed E-state index contributed by atoms with van der Waals surface area (Å²) in [5.74, 6) is -0.711. The van der Waals surface area contributed by atoms with Crippen LogP contribution in [-0.2, 0) is 27.8 Å². The largest absolute Gasteiger partial charge is 0.386 e. The van der Waals surface area contributed by atoms with Crippen LogP contribution in [0.2, 0.25) is 0 Å². The maximum Gasteiger partial charge on any atom is 0.246 e. The first-order valence-corrected chi connectivity index (χ1v) is 12.2. The van der Waals surface area contributed by atoms with Crippen molar-refractivity contribution in [1.29, 1.82) is 0 Å². The normalized spacial score (nSPS) is 19.1. The fourth-order valence-corrected chi connectivity index (χ4v) is 4.45. The van der Waals surface area contributed by atoms with Crippen LogP contribution >= 0.6 is 0 Å². The SMILES string of the molecule is C=CC(C)(C)c1[nH]c2c(CC=C(C)C)c(CC=C(C)C)ccc2c1C(O)C1NC(=O)[C@H](C)NC1=O. The first-order chi connectivity index (χ1) is 16.4. The van der Waals surface area contributed by atoms with Crippen molar-refractivity contribution in [1.82, 2.24) is 15.6 Å². The van der Waals surface area contributed by atoms with Gasteiger partial charge in [0.25, 0.3) is 0 Å². The number of allylic oxidation sites excluding steroid dienone is 5. The van der Waals surface area contributed by atoms with Gasteiger partial charge in [-0.25, -0.2) is 0 Å². The van der Waals surface area contributed by atoms with Crippen molar-refractivity contribution in [3.05, 3.63) is 70.5 Å². The summed E-state index contributed by atoms with van der Waals surface area (Å²) in [6.07, 6.45) is 6.56. The highest BCUT2D eigenvalue weighted by molar-refractivity contribution is 5.98. The molecule has 2 heterocycles. The number of benzene rings is 1. The maximum absolute atomic E-state index is 12.8. The molecule has 1 saturated heterocycles. The Kier molecular flexibility index (Phi) is 7.75. The van der Waals surface area contributed by atoms with Gasteiger partial charge < -0.3 is 20.7 Å². The Morgan fingerprint density at radius 1 is 1.06 bits per heavy atom. The summed E-state index contributed by atoms with van der Waals surface area (Å²) in [5, 5.41) is 17.8. The first-order valence-electron chi connectivity index (χ1n) is 12.2. The molecule has 2 unspecified atom stereocenters. The molecule has 6 nitrogen and oxygen atoms in total. The van der Waals surface area contributed by atoms with Crippen molar-refractivity contribution < 1.29 is 14.7 Å². The van der Waals surface area contributed by atoms with E-state index in [4.69, 9.17) is 0 Å². The number of aliphatic hydroxyl groups is 1. The van der Waals surface area contributed by atoms with E-state index in [1.807, 2.05) is 26.0 Å². The highest BCUT2D eigenvalue weighted by Gasteiger charge is 2.40. The highest BCUT2D eigenvalue weighted by atomic mass is 16.3. The fourth-order valence-electron chi connectivity index (χ4n) is 4.45. The van der Waals surface area contributed by atoms with Gasteiger partial charge in [-0.05, 0) is 58.6 Å². The molecule has 0 radical (unpaired) electrons. The zero-order valence-electron chi connectivity index (χ0n) is 22.0. The third-order valence-electron chi connectivity index (χ3n) is 6.76. The summed E-state index contributed by atoms with van der Waals surface area (Å²) in [6.45, 7) is 18.0. The van der Waals surface area contributed by atoms with Gasteiger partial charge >= 0.3 is 0 Å². The Morgan fingerprint density at radius 3 is 2.29 bits per heavy atom. The van der Waals surface area contributed by atoms with Gasteiger partial charge in [-0.3, -0.25) is 9.59 Å². The zero-order valence-corrected chi connectivity index (χ0v) is 22.0. The van der Waals surface area contributed by atoms with E-state index in [-0.39, 0.29) is 5.91 Å². The minimum Gasteiger partial charge on any atom is -0.386 e. The number of carbonyl (C=O) groups is 2. The van der Waals surface area contributed by atoms with Crippen molar-refractivity contribution in [3.63, 3.8) is 0 Å². The number of aromatic nitrogens is 1. The van der Waals surface area contributed by atoms with E-state index >= 15 is 0 Å². The molecule has 0 spiro atoms. The van der Waals surface area contributed by atoms with E-state index in [1.165, 1.54) is 16.7 Å². The van der Waals surface area contributed by atoms with Crippen molar-refractivity contribution >= 4 is 22.7 Å². The maximum atomic E-state index is 12.8. The van der Waals surface area contributed by atoms with Crippen LogP contribution in [0.5, 0.6) is 0 Å². The molecule has 1 aliphatic rings. The molecule has 3 atom stereocenters. The third kappa shape index (κ3) is 5.43. The number of nitrogens with one attached hydrogen (secondary N) is 3. The van der Waals surface area contributed by atoms with Crippen LogP contribution in [0.1, 0.15) is 77.0 Å². The predicted octanol–water partition coefficient (Wildman–Crippen LogP) is 4.69. The molecule has 0 saturated carbocycles. The van der Waals surface area contributed by atoms with E-state index in [2.05, 4.69) is 68.1 Å². The number of aliphatic hydroxyl groups excluding tert-OH is 1. The average molecular weight is 478 g/mol. The number of amides is 2. The second-order valence-electron chi connectivity index (χ2n) is 10.6. The lowest BCUT2D eigenvalue weighted by molar-refractivity contribution is -0.139. The lowest BCUT2D eigenvalue weighted by Gasteiger charge is -2.32. The number of fused-ring (bicyclic) bond motifs is 1. The van der Waals surface area contributed by atoms with E-state index in [0.717, 1.165) is 35.0 Å². The molecule has 35 heavy (non-hydrogen) atoms. The van der Waals surface area contributed by atoms with Crippen LogP contribution < -0.4 is 10.6 Å². The molecule has 1 aliphatic heterocycles. The van der Waals surface area contributed by atoms with Crippen molar-refractivity contribution in [2.24, 2.45) is 0 Å². The quantitative estimate of drug-likeness (QED) is 0.416. The number of aromatic amines is 1. The predicted molar refractivity (Wildman–Crippen MR) is 142 cm³/mol. The highest BCUT2D eigenvalue weighted by Crippen LogP contribution is 2.39. The molecule has 0 bridgehead atoms. The van der Waals surface area contributed by atoms with E-state index < -0.39 is 29.5 Å². The standard InChI is InChI=1S/C29H39N3O3/c1-9-29(7,8)26-22(25(33)24-28(35)30-18(6)27(34)32-24)21-15-13-19(12-10-16(2)3)20(23(21)31-26)14-11-17(4)5/h9-11,13,15,18,24-25,31,33H,1,12,14H2,2-8H3,(H,30,35)(H,32,34)/t18-,24?,25?/m0/s1. The molecule has 3 rings (SSSR count). The molecule has 1 aromatic carbocycles. The Bertz CT molecular complexity index is 1210. The lowest BCUT2D eigenvalue weighted by atomic mass is 9.83. The van der Waals surface area contributed by atoms with Gasteiger partial charge in [-0.2, -0.15) is 0 Å². The molecule has 1 fully saturated rings. The second kappa shape index (κ2) is 10.2. The van der Waals surface area contributed by atoms with Gasteiger partial charge in [-0.1, -0.05) is 55.4 Å². The molecular formula is C29H39N3O3. The summed E-state index contributed by atoms with van der Waals surface area (Å²) >= 11 is 0. The second-order valence-corrected chi connectivity index (χ2v) is 10.6. The van der Waals surface area contributed by atoms with Gasteiger partial charge in [0.2, 0.25) is 11.8 Å². The summed E-state index contributed by atoms with van der Waals surface area (Å²) in [5.41, 5.74) is 6.68. The first kappa shape index (κ1) is 26.5.